The van der Waals surface area contributed by atoms with Gasteiger partial charge in [-0.1, -0.05) is 35.9 Å². The molecule has 1 unspecified atom stereocenters. The molecular formula is C20H14ClF4N3O2S. The Kier molecular flexibility index (Phi) is 5.09. The molecule has 3 aromatic rings. The van der Waals surface area contributed by atoms with E-state index in [0.29, 0.717) is 0 Å². The second-order valence-electron chi connectivity index (χ2n) is 6.86. The molecule has 2 heterocycles. The molecular weight excluding hydrogens is 458 g/mol. The Morgan fingerprint density at radius 2 is 1.77 bits per heavy atom. The normalized spacial score (nSPS) is 16.8. The minimum Gasteiger partial charge on any atom is -0.343 e. The van der Waals surface area contributed by atoms with E-state index >= 15 is 0 Å². The Morgan fingerprint density at radius 1 is 1.10 bits per heavy atom. The zero-order valence-corrected chi connectivity index (χ0v) is 17.4. The molecule has 1 aliphatic rings. The van der Waals surface area contributed by atoms with Gasteiger partial charge in [0, 0.05) is 11.8 Å². The maximum atomic E-state index is 14.2. The van der Waals surface area contributed by atoms with Gasteiger partial charge in [0.2, 0.25) is 9.84 Å². The van der Waals surface area contributed by atoms with Crippen molar-refractivity contribution in [2.45, 2.75) is 24.0 Å². The highest BCUT2D eigenvalue weighted by molar-refractivity contribution is 7.95. The van der Waals surface area contributed by atoms with Gasteiger partial charge < -0.3 is 5.32 Å². The first-order valence-electron chi connectivity index (χ1n) is 8.90. The van der Waals surface area contributed by atoms with Crippen LogP contribution in [0.4, 0.5) is 23.4 Å². The smallest absolute Gasteiger partial charge is 0.343 e. The number of anilines is 1. The molecule has 1 aromatic heterocycles. The van der Waals surface area contributed by atoms with Crippen LogP contribution in [-0.2, 0) is 16.0 Å². The standard InChI is InChI=1S/C20H14ClF4N3O2S/c1-11-19(31(29,30)13-5-3-2-4-6-13)18(12-7-8-14(21)15(22)9-12)28-17(26-11)10-16(27-28)20(23,24)25/h2-10,18,26H,1H3. The predicted molar refractivity (Wildman–Crippen MR) is 107 cm³/mol. The topological polar surface area (TPSA) is 64.0 Å². The van der Waals surface area contributed by atoms with Gasteiger partial charge in [0.15, 0.2) is 5.69 Å². The van der Waals surface area contributed by atoms with E-state index in [0.717, 1.165) is 16.8 Å². The van der Waals surface area contributed by atoms with Gasteiger partial charge in [-0.2, -0.15) is 18.3 Å². The van der Waals surface area contributed by atoms with Crippen molar-refractivity contribution in [1.82, 2.24) is 9.78 Å². The largest absolute Gasteiger partial charge is 0.435 e. The van der Waals surface area contributed by atoms with Crippen molar-refractivity contribution in [2.24, 2.45) is 0 Å². The summed E-state index contributed by atoms with van der Waals surface area (Å²) in [6.45, 7) is 1.43. The molecule has 162 valence electrons. The van der Waals surface area contributed by atoms with E-state index in [2.05, 4.69) is 10.4 Å². The van der Waals surface area contributed by atoms with Crippen LogP contribution in [-0.4, -0.2) is 18.2 Å². The Bertz CT molecular complexity index is 1300. The average molecular weight is 472 g/mol. The highest BCUT2D eigenvalue weighted by Gasteiger charge is 2.41. The maximum absolute atomic E-state index is 14.2. The Balaban J connectivity index is 1.99. The molecule has 2 aromatic carbocycles. The Hall–Kier alpha value is -2.85. The molecule has 0 radical (unpaired) electrons. The number of benzene rings is 2. The van der Waals surface area contributed by atoms with Gasteiger partial charge in [-0.3, -0.25) is 0 Å². The summed E-state index contributed by atoms with van der Waals surface area (Å²) < 4.78 is 82.0. The molecule has 0 fully saturated rings. The Labute approximate surface area is 179 Å². The fourth-order valence-electron chi connectivity index (χ4n) is 3.44. The van der Waals surface area contributed by atoms with Gasteiger partial charge >= 0.3 is 6.18 Å². The average Bonchev–Trinajstić information content (AvgIpc) is 3.14. The van der Waals surface area contributed by atoms with Crippen molar-refractivity contribution < 1.29 is 26.0 Å². The summed E-state index contributed by atoms with van der Waals surface area (Å²) in [7, 11) is -4.18. The van der Waals surface area contributed by atoms with Crippen LogP contribution in [0.5, 0.6) is 0 Å². The number of hydrogen-bond acceptors (Lipinski definition) is 4. The molecule has 1 aliphatic heterocycles. The lowest BCUT2D eigenvalue weighted by Crippen LogP contribution is -2.29. The number of aromatic nitrogens is 2. The number of nitrogens with one attached hydrogen (secondary N) is 1. The summed E-state index contributed by atoms with van der Waals surface area (Å²) in [5, 5.41) is 6.08. The zero-order valence-electron chi connectivity index (χ0n) is 15.8. The molecule has 31 heavy (non-hydrogen) atoms. The minimum absolute atomic E-state index is 0.0581. The number of alkyl halides is 3. The predicted octanol–water partition coefficient (Wildman–Crippen LogP) is 5.41. The minimum atomic E-state index is -4.76. The fraction of sp³-hybridized carbons (Fsp3) is 0.150. The summed E-state index contributed by atoms with van der Waals surface area (Å²) in [6, 6.07) is 10.4. The second-order valence-corrected chi connectivity index (χ2v) is 9.19. The van der Waals surface area contributed by atoms with E-state index in [4.69, 9.17) is 11.6 Å². The van der Waals surface area contributed by atoms with Crippen molar-refractivity contribution in [3.63, 3.8) is 0 Å². The van der Waals surface area contributed by atoms with E-state index in [-0.39, 0.29) is 31.9 Å². The molecule has 0 saturated heterocycles. The molecule has 4 rings (SSSR count). The van der Waals surface area contributed by atoms with Crippen LogP contribution in [0.25, 0.3) is 0 Å². The van der Waals surface area contributed by atoms with Gasteiger partial charge in [0.1, 0.15) is 17.7 Å². The number of nitrogens with zero attached hydrogens (tertiary/aromatic N) is 2. The lowest BCUT2D eigenvalue weighted by Gasteiger charge is -2.30. The van der Waals surface area contributed by atoms with Crippen LogP contribution in [0, 0.1) is 5.82 Å². The molecule has 0 amide bonds. The summed E-state index contributed by atoms with van der Waals surface area (Å²) in [5.74, 6) is -0.909. The first kappa shape index (κ1) is 21.4. The molecule has 5 nitrogen and oxygen atoms in total. The first-order chi connectivity index (χ1) is 14.5. The molecule has 1 atom stereocenters. The molecule has 11 heteroatoms. The quantitative estimate of drug-likeness (QED) is 0.518. The van der Waals surface area contributed by atoms with E-state index in [1.165, 1.54) is 43.3 Å². The van der Waals surface area contributed by atoms with E-state index < -0.39 is 33.6 Å². The highest BCUT2D eigenvalue weighted by Crippen LogP contribution is 2.43. The number of sulfone groups is 1. The SMILES string of the molecule is CC1=C(S(=O)(=O)c2ccccc2)C(c2ccc(Cl)c(F)c2)n2nc(C(F)(F)F)cc2N1. The third kappa shape index (κ3) is 3.70. The van der Waals surface area contributed by atoms with Crippen molar-refractivity contribution in [3.05, 3.63) is 87.3 Å². The monoisotopic (exact) mass is 471 g/mol. The molecule has 0 bridgehead atoms. The summed E-state index contributed by atoms with van der Waals surface area (Å²) in [4.78, 5) is -0.304. The van der Waals surface area contributed by atoms with E-state index in [1.807, 2.05) is 0 Å². The summed E-state index contributed by atoms with van der Waals surface area (Å²) in [6.07, 6.45) is -4.76. The molecule has 0 spiro atoms. The number of hydrogen-bond donors (Lipinski definition) is 1. The van der Waals surface area contributed by atoms with Gasteiger partial charge in [0.25, 0.3) is 0 Å². The van der Waals surface area contributed by atoms with Crippen LogP contribution >= 0.6 is 11.6 Å². The summed E-state index contributed by atoms with van der Waals surface area (Å²) >= 11 is 5.75. The lowest BCUT2D eigenvalue weighted by molar-refractivity contribution is -0.141. The number of halogens is 5. The van der Waals surface area contributed by atoms with Crippen molar-refractivity contribution in [3.8, 4) is 0 Å². The van der Waals surface area contributed by atoms with Crippen LogP contribution in [0.3, 0.4) is 0 Å². The van der Waals surface area contributed by atoms with Crippen LogP contribution in [0.15, 0.2) is 70.1 Å². The van der Waals surface area contributed by atoms with Crippen LogP contribution < -0.4 is 5.32 Å². The van der Waals surface area contributed by atoms with Gasteiger partial charge in [0.05, 0.1) is 14.8 Å². The third-order valence-electron chi connectivity index (χ3n) is 4.81. The molecule has 0 saturated carbocycles. The second kappa shape index (κ2) is 7.38. The van der Waals surface area contributed by atoms with E-state index in [1.54, 1.807) is 6.07 Å². The van der Waals surface area contributed by atoms with Crippen LogP contribution in [0.1, 0.15) is 24.2 Å². The van der Waals surface area contributed by atoms with Crippen molar-refractivity contribution >= 4 is 27.3 Å². The van der Waals surface area contributed by atoms with Gasteiger partial charge in [-0.15, -0.1) is 0 Å². The molecule has 0 aliphatic carbocycles. The van der Waals surface area contributed by atoms with Crippen LogP contribution in [0.2, 0.25) is 5.02 Å². The molecule has 1 N–H and O–H groups in total. The zero-order chi connectivity index (χ0) is 22.6. The Morgan fingerprint density at radius 3 is 2.39 bits per heavy atom. The fourth-order valence-corrected chi connectivity index (χ4v) is 5.31. The third-order valence-corrected chi connectivity index (χ3v) is 7.11. The van der Waals surface area contributed by atoms with Crippen molar-refractivity contribution in [1.29, 1.82) is 0 Å². The number of fused-ring (bicyclic) bond motifs is 1. The van der Waals surface area contributed by atoms with Crippen molar-refractivity contribution in [2.75, 3.05) is 5.32 Å². The highest BCUT2D eigenvalue weighted by atomic mass is 35.5. The van der Waals surface area contributed by atoms with Gasteiger partial charge in [-0.25, -0.2) is 17.5 Å². The maximum Gasteiger partial charge on any atom is 0.435 e. The number of rotatable bonds is 3. The van der Waals surface area contributed by atoms with Gasteiger partial charge in [-0.05, 0) is 36.8 Å². The number of allylic oxidation sites excluding steroid dienone is 2. The van der Waals surface area contributed by atoms with E-state index in [9.17, 15) is 26.0 Å². The first-order valence-corrected chi connectivity index (χ1v) is 10.8. The lowest BCUT2D eigenvalue weighted by atomic mass is 10.0. The summed E-state index contributed by atoms with van der Waals surface area (Å²) in [5.41, 5.74) is -1.03.